The fourth-order valence-electron chi connectivity index (χ4n) is 2.46. The summed E-state index contributed by atoms with van der Waals surface area (Å²) < 4.78 is 0. The number of carbonyl (C=O) groups is 2. The molecule has 21 heavy (non-hydrogen) atoms. The van der Waals surface area contributed by atoms with E-state index in [-0.39, 0.29) is 11.5 Å². The highest BCUT2D eigenvalue weighted by Crippen LogP contribution is 2.16. The molecule has 0 aliphatic heterocycles. The van der Waals surface area contributed by atoms with Gasteiger partial charge in [0.05, 0.1) is 5.56 Å². The lowest BCUT2D eigenvalue weighted by Crippen LogP contribution is -2.27. The number of amides is 1. The molecule has 4 heteroatoms. The zero-order valence-corrected chi connectivity index (χ0v) is 13.3. The number of aromatic carboxylic acids is 1. The van der Waals surface area contributed by atoms with Crippen LogP contribution < -0.4 is 0 Å². The van der Waals surface area contributed by atoms with Gasteiger partial charge < -0.3 is 10.0 Å². The SMILES string of the molecule is CC(C)CC(C)CC(=O)N(C)Cc1ccc(C(=O)O)cc1. The Bertz CT molecular complexity index is 479. The van der Waals surface area contributed by atoms with Crippen LogP contribution in [0.15, 0.2) is 24.3 Å². The van der Waals surface area contributed by atoms with Crippen molar-refractivity contribution in [3.05, 3.63) is 35.4 Å². The van der Waals surface area contributed by atoms with Crippen molar-refractivity contribution in [2.45, 2.75) is 40.2 Å². The van der Waals surface area contributed by atoms with Crippen LogP contribution in [0.5, 0.6) is 0 Å². The van der Waals surface area contributed by atoms with Crippen molar-refractivity contribution < 1.29 is 14.7 Å². The van der Waals surface area contributed by atoms with Crippen molar-refractivity contribution in [1.82, 2.24) is 4.90 Å². The first kappa shape index (κ1) is 17.2. The molecule has 0 fully saturated rings. The zero-order valence-electron chi connectivity index (χ0n) is 13.3. The minimum absolute atomic E-state index is 0.130. The molecule has 4 nitrogen and oxygen atoms in total. The van der Waals surface area contributed by atoms with Crippen LogP contribution in [0.4, 0.5) is 0 Å². The lowest BCUT2D eigenvalue weighted by atomic mass is 9.95. The first-order valence-electron chi connectivity index (χ1n) is 7.35. The number of rotatable bonds is 7. The molecule has 0 aliphatic carbocycles. The Labute approximate surface area is 126 Å². The van der Waals surface area contributed by atoms with Crippen LogP contribution in [0, 0.1) is 11.8 Å². The van der Waals surface area contributed by atoms with Gasteiger partial charge in [0, 0.05) is 20.0 Å². The van der Waals surface area contributed by atoms with Gasteiger partial charge in [0.25, 0.3) is 0 Å². The molecule has 1 amide bonds. The topological polar surface area (TPSA) is 57.6 Å². The van der Waals surface area contributed by atoms with Crippen LogP contribution in [0.1, 0.15) is 49.5 Å². The normalized spacial score (nSPS) is 12.2. The molecule has 0 saturated carbocycles. The van der Waals surface area contributed by atoms with Crippen molar-refractivity contribution >= 4 is 11.9 Å². The van der Waals surface area contributed by atoms with E-state index in [4.69, 9.17) is 5.11 Å². The second-order valence-electron chi connectivity index (χ2n) is 6.19. The Kier molecular flexibility index (Phi) is 6.40. The van der Waals surface area contributed by atoms with Crippen molar-refractivity contribution in [2.75, 3.05) is 7.05 Å². The molecule has 0 saturated heterocycles. The summed E-state index contributed by atoms with van der Waals surface area (Å²) in [6.45, 7) is 6.93. The zero-order chi connectivity index (χ0) is 16.0. The average Bonchev–Trinajstić information content (AvgIpc) is 2.38. The lowest BCUT2D eigenvalue weighted by Gasteiger charge is -2.20. The third-order valence-corrected chi connectivity index (χ3v) is 3.44. The number of carbonyl (C=O) groups excluding carboxylic acids is 1. The molecule has 1 N–H and O–H groups in total. The molecule has 0 aliphatic rings. The summed E-state index contributed by atoms with van der Waals surface area (Å²) in [5.41, 5.74) is 1.20. The molecule has 0 bridgehead atoms. The van der Waals surface area contributed by atoms with E-state index in [9.17, 15) is 9.59 Å². The maximum absolute atomic E-state index is 12.1. The minimum atomic E-state index is -0.937. The van der Waals surface area contributed by atoms with E-state index in [1.54, 1.807) is 36.2 Å². The molecule has 0 radical (unpaired) electrons. The van der Waals surface area contributed by atoms with Gasteiger partial charge in [0.2, 0.25) is 5.91 Å². The van der Waals surface area contributed by atoms with E-state index in [1.807, 2.05) is 0 Å². The quantitative estimate of drug-likeness (QED) is 0.837. The Morgan fingerprint density at radius 1 is 1.14 bits per heavy atom. The Morgan fingerprint density at radius 2 is 1.71 bits per heavy atom. The Morgan fingerprint density at radius 3 is 2.19 bits per heavy atom. The van der Waals surface area contributed by atoms with Crippen LogP contribution in [0.3, 0.4) is 0 Å². The van der Waals surface area contributed by atoms with Crippen LogP contribution in [0.2, 0.25) is 0 Å². The molecule has 0 spiro atoms. The van der Waals surface area contributed by atoms with E-state index in [0.29, 0.717) is 24.8 Å². The monoisotopic (exact) mass is 291 g/mol. The number of carboxylic acids is 1. The molecule has 1 unspecified atom stereocenters. The van der Waals surface area contributed by atoms with Gasteiger partial charge >= 0.3 is 5.97 Å². The second-order valence-corrected chi connectivity index (χ2v) is 6.19. The maximum Gasteiger partial charge on any atom is 0.335 e. The predicted octanol–water partition coefficient (Wildman–Crippen LogP) is 3.42. The average molecular weight is 291 g/mol. The first-order valence-corrected chi connectivity index (χ1v) is 7.35. The Hall–Kier alpha value is -1.84. The van der Waals surface area contributed by atoms with Gasteiger partial charge in [-0.05, 0) is 36.0 Å². The summed E-state index contributed by atoms with van der Waals surface area (Å²) in [5.74, 6) is 0.176. The van der Waals surface area contributed by atoms with Gasteiger partial charge in [-0.15, -0.1) is 0 Å². The number of hydrogen-bond donors (Lipinski definition) is 1. The summed E-state index contributed by atoms with van der Waals surface area (Å²) in [7, 11) is 1.79. The van der Waals surface area contributed by atoms with Gasteiger partial charge in [-0.1, -0.05) is 32.9 Å². The van der Waals surface area contributed by atoms with Gasteiger partial charge in [-0.2, -0.15) is 0 Å². The Balaban J connectivity index is 2.53. The molecule has 1 atom stereocenters. The van der Waals surface area contributed by atoms with Crippen molar-refractivity contribution in [3.63, 3.8) is 0 Å². The van der Waals surface area contributed by atoms with Gasteiger partial charge in [0.15, 0.2) is 0 Å². The fourth-order valence-corrected chi connectivity index (χ4v) is 2.46. The minimum Gasteiger partial charge on any atom is -0.478 e. The van der Waals surface area contributed by atoms with Gasteiger partial charge in [-0.3, -0.25) is 4.79 Å². The third-order valence-electron chi connectivity index (χ3n) is 3.44. The van der Waals surface area contributed by atoms with E-state index in [2.05, 4.69) is 20.8 Å². The van der Waals surface area contributed by atoms with E-state index < -0.39 is 5.97 Å². The molecule has 0 heterocycles. The second kappa shape index (κ2) is 7.81. The maximum atomic E-state index is 12.1. The molecule has 1 aromatic rings. The number of benzene rings is 1. The van der Waals surface area contributed by atoms with E-state index in [1.165, 1.54) is 0 Å². The highest BCUT2D eigenvalue weighted by Gasteiger charge is 2.15. The standard InChI is InChI=1S/C17H25NO3/c1-12(2)9-13(3)10-16(19)18(4)11-14-5-7-15(8-6-14)17(20)21/h5-8,12-13H,9-11H2,1-4H3,(H,20,21). The van der Waals surface area contributed by atoms with Crippen LogP contribution in [-0.2, 0) is 11.3 Å². The molecular weight excluding hydrogens is 266 g/mol. The summed E-state index contributed by atoms with van der Waals surface area (Å²) in [6, 6.07) is 6.64. The molecular formula is C17H25NO3. The summed E-state index contributed by atoms with van der Waals surface area (Å²) in [5, 5.41) is 8.85. The highest BCUT2D eigenvalue weighted by molar-refractivity contribution is 5.87. The first-order chi connectivity index (χ1) is 9.79. The number of nitrogens with zero attached hydrogens (tertiary/aromatic N) is 1. The fraction of sp³-hybridized carbons (Fsp3) is 0.529. The summed E-state index contributed by atoms with van der Waals surface area (Å²) in [4.78, 5) is 24.6. The van der Waals surface area contributed by atoms with Gasteiger partial charge in [0.1, 0.15) is 0 Å². The number of carboxylic acid groups (broad SMARTS) is 1. The van der Waals surface area contributed by atoms with E-state index >= 15 is 0 Å². The third kappa shape index (κ3) is 5.98. The molecule has 0 aromatic heterocycles. The summed E-state index contributed by atoms with van der Waals surface area (Å²) >= 11 is 0. The van der Waals surface area contributed by atoms with Crippen molar-refractivity contribution in [1.29, 1.82) is 0 Å². The van der Waals surface area contributed by atoms with Crippen LogP contribution >= 0.6 is 0 Å². The lowest BCUT2D eigenvalue weighted by molar-refractivity contribution is -0.131. The van der Waals surface area contributed by atoms with Crippen LogP contribution in [-0.4, -0.2) is 28.9 Å². The smallest absolute Gasteiger partial charge is 0.335 e. The predicted molar refractivity (Wildman–Crippen MR) is 83.1 cm³/mol. The van der Waals surface area contributed by atoms with Crippen LogP contribution in [0.25, 0.3) is 0 Å². The molecule has 116 valence electrons. The van der Waals surface area contributed by atoms with Gasteiger partial charge in [-0.25, -0.2) is 4.79 Å². The molecule has 1 aromatic carbocycles. The molecule has 1 rings (SSSR count). The van der Waals surface area contributed by atoms with Crippen molar-refractivity contribution in [3.8, 4) is 0 Å². The number of hydrogen-bond acceptors (Lipinski definition) is 2. The summed E-state index contributed by atoms with van der Waals surface area (Å²) in [6.07, 6.45) is 1.61. The van der Waals surface area contributed by atoms with Crippen molar-refractivity contribution in [2.24, 2.45) is 11.8 Å². The highest BCUT2D eigenvalue weighted by atomic mass is 16.4. The largest absolute Gasteiger partial charge is 0.478 e. The van der Waals surface area contributed by atoms with E-state index in [0.717, 1.165) is 12.0 Å².